The lowest BCUT2D eigenvalue weighted by molar-refractivity contribution is 0.0713. The number of anilines is 2. The molecule has 5 rings (SSSR count). The zero-order chi connectivity index (χ0) is 28.1. The number of halogens is 1. The monoisotopic (exact) mass is 563 g/mol. The van der Waals surface area contributed by atoms with Gasteiger partial charge in [0.2, 0.25) is 0 Å². The number of hydrogen-bond acceptors (Lipinski definition) is 7. The SMILES string of the molecule is Cc1c(S(=O)(=O)Nc2ccon2)ncc(C(=O)N2CCC(c3ccc(F)cc3)CC2)c1NCCc1ccccc1. The third kappa shape index (κ3) is 6.15. The summed E-state index contributed by atoms with van der Waals surface area (Å²) in [7, 11) is -4.10. The van der Waals surface area contributed by atoms with E-state index >= 15 is 0 Å². The van der Waals surface area contributed by atoms with E-state index in [1.165, 1.54) is 30.7 Å². The highest BCUT2D eigenvalue weighted by Gasteiger charge is 2.29. The summed E-state index contributed by atoms with van der Waals surface area (Å²) in [4.78, 5) is 19.7. The van der Waals surface area contributed by atoms with E-state index in [0.717, 1.165) is 24.0 Å². The molecule has 11 heteroatoms. The van der Waals surface area contributed by atoms with Crippen LogP contribution < -0.4 is 10.0 Å². The minimum Gasteiger partial charge on any atom is -0.384 e. The summed E-state index contributed by atoms with van der Waals surface area (Å²) in [6, 6.07) is 17.8. The predicted octanol–water partition coefficient (Wildman–Crippen LogP) is 4.99. The molecule has 0 radical (unpaired) electrons. The number of rotatable bonds is 9. The molecule has 3 heterocycles. The fourth-order valence-corrected chi connectivity index (χ4v) is 6.18. The van der Waals surface area contributed by atoms with Gasteiger partial charge in [-0.05, 0) is 55.4 Å². The van der Waals surface area contributed by atoms with Crippen molar-refractivity contribution in [2.45, 2.75) is 37.1 Å². The maximum atomic E-state index is 13.7. The number of hydrogen-bond donors (Lipinski definition) is 2. The third-order valence-corrected chi connectivity index (χ3v) is 8.52. The van der Waals surface area contributed by atoms with Crippen LogP contribution in [0.1, 0.15) is 45.8 Å². The minimum atomic E-state index is -4.10. The molecule has 0 spiro atoms. The van der Waals surface area contributed by atoms with Crippen molar-refractivity contribution in [2.24, 2.45) is 0 Å². The molecule has 2 N–H and O–H groups in total. The molecule has 2 aromatic heterocycles. The van der Waals surface area contributed by atoms with Crippen molar-refractivity contribution in [3.05, 3.63) is 101 Å². The van der Waals surface area contributed by atoms with Gasteiger partial charge in [0.1, 0.15) is 12.1 Å². The molecule has 1 aliphatic rings. The molecule has 0 bridgehead atoms. The number of amides is 1. The number of likely N-dealkylation sites (tertiary alicyclic amines) is 1. The Kier molecular flexibility index (Phi) is 8.11. The molecule has 1 aliphatic heterocycles. The van der Waals surface area contributed by atoms with E-state index in [0.29, 0.717) is 42.9 Å². The number of carbonyl (C=O) groups is 1. The molecule has 1 amide bonds. The molecule has 1 fully saturated rings. The summed E-state index contributed by atoms with van der Waals surface area (Å²) >= 11 is 0. The van der Waals surface area contributed by atoms with Gasteiger partial charge in [-0.3, -0.25) is 9.52 Å². The van der Waals surface area contributed by atoms with Gasteiger partial charge in [-0.25, -0.2) is 9.37 Å². The molecule has 0 atom stereocenters. The molecular formula is C29H30FN5O4S. The Morgan fingerprint density at radius 2 is 1.80 bits per heavy atom. The first-order chi connectivity index (χ1) is 19.3. The van der Waals surface area contributed by atoms with E-state index in [2.05, 4.69) is 20.2 Å². The van der Waals surface area contributed by atoms with Crippen LogP contribution in [0.2, 0.25) is 0 Å². The molecular weight excluding hydrogens is 533 g/mol. The van der Waals surface area contributed by atoms with Crippen molar-refractivity contribution in [1.82, 2.24) is 15.0 Å². The maximum absolute atomic E-state index is 13.7. The fraction of sp³-hybridized carbons (Fsp3) is 0.276. The van der Waals surface area contributed by atoms with Gasteiger partial charge in [-0.15, -0.1) is 0 Å². The Bertz CT molecular complexity index is 1550. The van der Waals surface area contributed by atoms with Crippen molar-refractivity contribution in [2.75, 3.05) is 29.7 Å². The minimum absolute atomic E-state index is 0.0314. The summed E-state index contributed by atoms with van der Waals surface area (Å²) < 4.78 is 46.7. The van der Waals surface area contributed by atoms with E-state index < -0.39 is 10.0 Å². The molecule has 40 heavy (non-hydrogen) atoms. The maximum Gasteiger partial charge on any atom is 0.280 e. The Hall–Kier alpha value is -4.25. The van der Waals surface area contributed by atoms with Gasteiger partial charge in [0.05, 0.1) is 11.3 Å². The summed E-state index contributed by atoms with van der Waals surface area (Å²) in [5.41, 5.74) is 3.24. The van der Waals surface area contributed by atoms with E-state index in [1.807, 2.05) is 30.3 Å². The molecule has 0 aliphatic carbocycles. The second-order valence-electron chi connectivity index (χ2n) is 9.75. The quantitative estimate of drug-likeness (QED) is 0.295. The van der Waals surface area contributed by atoms with Crippen LogP contribution >= 0.6 is 0 Å². The zero-order valence-corrected chi connectivity index (χ0v) is 22.8. The van der Waals surface area contributed by atoms with E-state index in [1.54, 1.807) is 24.0 Å². The van der Waals surface area contributed by atoms with Crippen LogP contribution in [0.4, 0.5) is 15.9 Å². The van der Waals surface area contributed by atoms with E-state index in [4.69, 9.17) is 4.52 Å². The molecule has 208 valence electrons. The van der Waals surface area contributed by atoms with E-state index in [9.17, 15) is 17.6 Å². The van der Waals surface area contributed by atoms with Gasteiger partial charge < -0.3 is 14.7 Å². The summed E-state index contributed by atoms with van der Waals surface area (Å²) in [6.07, 6.45) is 4.75. The van der Waals surface area contributed by atoms with Gasteiger partial charge in [0.15, 0.2) is 10.8 Å². The highest BCUT2D eigenvalue weighted by molar-refractivity contribution is 7.92. The molecule has 9 nitrogen and oxygen atoms in total. The second-order valence-corrected chi connectivity index (χ2v) is 11.3. The predicted molar refractivity (Wildman–Crippen MR) is 149 cm³/mol. The Labute approximate surface area is 232 Å². The van der Waals surface area contributed by atoms with Gasteiger partial charge in [0.25, 0.3) is 15.9 Å². The first kappa shape index (κ1) is 27.3. The summed E-state index contributed by atoms with van der Waals surface area (Å²) in [5, 5.41) is 6.72. The standard InChI is InChI=1S/C29H30FN5O4S/c1-20-27(31-15-11-21-5-3-2-4-6-21)25(19-32-28(20)40(37,38)34-26-14-18-39-33-26)29(36)35-16-12-23(13-17-35)22-7-9-24(30)10-8-22/h2-10,14,18-19,23H,11-13,15-17H2,1H3,(H,31,32)(H,33,34). The number of nitrogens with one attached hydrogen (secondary N) is 2. The average Bonchev–Trinajstić information content (AvgIpc) is 3.47. The number of nitrogens with zero attached hydrogens (tertiary/aromatic N) is 3. The van der Waals surface area contributed by atoms with Crippen LogP contribution in [0.25, 0.3) is 0 Å². The highest BCUT2D eigenvalue weighted by Crippen LogP contribution is 2.32. The largest absolute Gasteiger partial charge is 0.384 e. The van der Waals surface area contributed by atoms with Crippen LogP contribution in [-0.4, -0.2) is 49.0 Å². The number of sulfonamides is 1. The molecule has 4 aromatic rings. The first-order valence-electron chi connectivity index (χ1n) is 13.1. The third-order valence-electron chi connectivity index (χ3n) is 7.12. The van der Waals surface area contributed by atoms with Crippen molar-refractivity contribution >= 4 is 27.4 Å². The van der Waals surface area contributed by atoms with Crippen LogP contribution in [0.3, 0.4) is 0 Å². The van der Waals surface area contributed by atoms with Crippen molar-refractivity contribution < 1.29 is 22.1 Å². The first-order valence-corrected chi connectivity index (χ1v) is 14.6. The summed E-state index contributed by atoms with van der Waals surface area (Å²) in [5.74, 6) is -0.218. The highest BCUT2D eigenvalue weighted by atomic mass is 32.2. The smallest absolute Gasteiger partial charge is 0.280 e. The number of piperidine rings is 1. The average molecular weight is 564 g/mol. The Morgan fingerprint density at radius 3 is 2.48 bits per heavy atom. The van der Waals surface area contributed by atoms with Crippen molar-refractivity contribution in [3.63, 3.8) is 0 Å². The van der Waals surface area contributed by atoms with Crippen LogP contribution in [0.15, 0.2) is 82.7 Å². The van der Waals surface area contributed by atoms with Crippen molar-refractivity contribution in [3.8, 4) is 0 Å². The fourth-order valence-electron chi connectivity index (χ4n) is 5.00. The van der Waals surface area contributed by atoms with Gasteiger partial charge in [0, 0.05) is 37.5 Å². The zero-order valence-electron chi connectivity index (χ0n) is 22.0. The number of aromatic nitrogens is 2. The second kappa shape index (κ2) is 11.9. The lowest BCUT2D eigenvalue weighted by atomic mass is 9.89. The van der Waals surface area contributed by atoms with Gasteiger partial charge in [-0.1, -0.05) is 47.6 Å². The Morgan fingerprint density at radius 1 is 1.07 bits per heavy atom. The number of carbonyl (C=O) groups excluding carboxylic acids is 1. The molecule has 0 unspecified atom stereocenters. The van der Waals surface area contributed by atoms with Crippen molar-refractivity contribution in [1.29, 1.82) is 0 Å². The number of benzene rings is 2. The van der Waals surface area contributed by atoms with Crippen LogP contribution in [0, 0.1) is 12.7 Å². The lowest BCUT2D eigenvalue weighted by Crippen LogP contribution is -2.38. The van der Waals surface area contributed by atoms with Crippen LogP contribution in [0.5, 0.6) is 0 Å². The van der Waals surface area contributed by atoms with Gasteiger partial charge in [-0.2, -0.15) is 8.42 Å². The Balaban J connectivity index is 1.38. The van der Waals surface area contributed by atoms with E-state index in [-0.39, 0.29) is 28.5 Å². The lowest BCUT2D eigenvalue weighted by Gasteiger charge is -2.33. The number of pyridine rings is 1. The van der Waals surface area contributed by atoms with Crippen LogP contribution in [-0.2, 0) is 16.4 Å². The topological polar surface area (TPSA) is 117 Å². The summed E-state index contributed by atoms with van der Waals surface area (Å²) in [6.45, 7) is 3.17. The molecule has 2 aromatic carbocycles. The normalized spacial score (nSPS) is 14.2. The molecule has 0 saturated carbocycles. The molecule has 1 saturated heterocycles. The van der Waals surface area contributed by atoms with Gasteiger partial charge >= 0.3 is 0 Å².